The van der Waals surface area contributed by atoms with E-state index >= 15 is 0 Å². The minimum Gasteiger partial charge on any atom is -0.456 e. The van der Waals surface area contributed by atoms with Gasteiger partial charge in [-0.15, -0.1) is 0 Å². The Hall–Kier alpha value is -3.59. The van der Waals surface area contributed by atoms with Crippen molar-refractivity contribution >= 4 is 19.7 Å². The highest BCUT2D eigenvalue weighted by atomic mass is 31.2. The largest absolute Gasteiger partial charge is 0.472 e. The summed E-state index contributed by atoms with van der Waals surface area (Å²) in [5.74, 6) is -0.594. The molecule has 0 aromatic rings. The van der Waals surface area contributed by atoms with Crippen LogP contribution in [-0.4, -0.2) is 74.3 Å². The molecule has 0 saturated heterocycles. The fourth-order valence-corrected chi connectivity index (χ4v) is 8.87. The van der Waals surface area contributed by atoms with Gasteiger partial charge in [0.25, 0.3) is 0 Å². The highest BCUT2D eigenvalue weighted by Gasteiger charge is 2.30. The molecule has 3 atom stereocenters. The van der Waals surface area contributed by atoms with Crippen LogP contribution in [0.3, 0.4) is 0 Å². The number of hydrogen-bond donors (Lipinski definition) is 2. The highest BCUT2D eigenvalue weighted by Crippen LogP contribution is 2.43. The van der Waals surface area contributed by atoms with Crippen molar-refractivity contribution in [1.82, 2.24) is 5.32 Å². The molecule has 0 saturated carbocycles. The number of carbonyl (C=O) groups excluding carboxylic acids is 2. The van der Waals surface area contributed by atoms with Crippen molar-refractivity contribution in [3.8, 4) is 0 Å². The second-order valence-corrected chi connectivity index (χ2v) is 22.9. The molecule has 0 heterocycles. The number of unbranched alkanes of at least 4 members (excludes halogenated alkanes) is 20. The van der Waals surface area contributed by atoms with Gasteiger partial charge in [-0.3, -0.25) is 18.6 Å². The predicted molar refractivity (Wildman–Crippen MR) is 332 cm³/mol. The van der Waals surface area contributed by atoms with Gasteiger partial charge >= 0.3 is 13.8 Å². The third-order valence-corrected chi connectivity index (χ3v) is 13.9. The van der Waals surface area contributed by atoms with Crippen LogP contribution in [0.2, 0.25) is 0 Å². The van der Waals surface area contributed by atoms with Crippen molar-refractivity contribution in [2.24, 2.45) is 0 Å². The van der Waals surface area contributed by atoms with Gasteiger partial charge in [-0.05, 0) is 115 Å². The third kappa shape index (κ3) is 56.9. The van der Waals surface area contributed by atoms with Gasteiger partial charge in [0.15, 0.2) is 0 Å². The average molecular weight is 1090 g/mol. The molecule has 440 valence electrons. The van der Waals surface area contributed by atoms with Crippen LogP contribution in [-0.2, 0) is 27.9 Å². The molecule has 10 heteroatoms. The zero-order valence-corrected chi connectivity index (χ0v) is 51.1. The van der Waals surface area contributed by atoms with E-state index in [2.05, 4.69) is 135 Å². The SMILES string of the molecule is CC/C=C\C/C=C\C/C=C\C/C=C\C/C=C\CCCC(=O)NC(COP(=O)(O)OCC[N+](C)(C)C)C(/C=C\CCCCCCCCCCC)OC(=O)CCCCCCCCC/C=C\C/C=C\C/C=C\C/C=C\CCCCC. The third-order valence-electron chi connectivity index (χ3n) is 12.9. The number of amides is 1. The number of phosphoric acid groups is 1. The van der Waals surface area contributed by atoms with Crippen LogP contribution in [0, 0.1) is 0 Å². The minimum atomic E-state index is -4.47. The molecule has 2 N–H and O–H groups in total. The smallest absolute Gasteiger partial charge is 0.456 e. The molecule has 0 aliphatic carbocycles. The Morgan fingerprint density at radius 1 is 0.468 bits per heavy atom. The van der Waals surface area contributed by atoms with Gasteiger partial charge < -0.3 is 19.4 Å². The summed E-state index contributed by atoms with van der Waals surface area (Å²) in [5.41, 5.74) is 0. The summed E-state index contributed by atoms with van der Waals surface area (Å²) >= 11 is 0. The van der Waals surface area contributed by atoms with Crippen molar-refractivity contribution in [2.75, 3.05) is 40.9 Å². The maximum atomic E-state index is 13.5. The van der Waals surface area contributed by atoms with E-state index in [0.717, 1.165) is 103 Å². The molecule has 0 aromatic heterocycles. The highest BCUT2D eigenvalue weighted by molar-refractivity contribution is 7.47. The molecule has 0 spiro atoms. The molecule has 1 amide bonds. The number of allylic oxidation sites excluding steroid dienone is 19. The number of nitrogens with zero attached hydrogens (tertiary/aromatic N) is 1. The number of esters is 1. The summed E-state index contributed by atoms with van der Waals surface area (Å²) in [4.78, 5) is 37.7. The van der Waals surface area contributed by atoms with Gasteiger partial charge in [0.2, 0.25) is 5.91 Å². The van der Waals surface area contributed by atoms with Crippen LogP contribution in [0.25, 0.3) is 0 Å². The predicted octanol–water partition coefficient (Wildman–Crippen LogP) is 19.1. The lowest BCUT2D eigenvalue weighted by molar-refractivity contribution is -0.870. The van der Waals surface area contributed by atoms with Crippen molar-refractivity contribution in [3.63, 3.8) is 0 Å². The first-order valence-corrected chi connectivity index (χ1v) is 32.4. The first kappa shape index (κ1) is 73.4. The van der Waals surface area contributed by atoms with E-state index in [1.165, 1.54) is 89.9 Å². The summed E-state index contributed by atoms with van der Waals surface area (Å²) in [5, 5.41) is 3.01. The molecule has 77 heavy (non-hydrogen) atoms. The van der Waals surface area contributed by atoms with E-state index in [-0.39, 0.29) is 37.9 Å². The maximum Gasteiger partial charge on any atom is 0.472 e. The molecule has 0 aromatic carbocycles. The first-order valence-electron chi connectivity index (χ1n) is 30.9. The molecule has 9 nitrogen and oxygen atoms in total. The average Bonchev–Trinajstić information content (AvgIpc) is 3.39. The zero-order valence-electron chi connectivity index (χ0n) is 50.2. The van der Waals surface area contributed by atoms with Gasteiger partial charge in [0, 0.05) is 12.8 Å². The van der Waals surface area contributed by atoms with E-state index in [0.29, 0.717) is 23.9 Å². The summed E-state index contributed by atoms with van der Waals surface area (Å²) in [7, 11) is 1.43. The molecule has 0 aliphatic rings. The maximum absolute atomic E-state index is 13.5. The first-order chi connectivity index (χ1) is 37.4. The Balaban J connectivity index is 5.31. The minimum absolute atomic E-state index is 0.0211. The Kier molecular flexibility index (Phi) is 53.1. The summed E-state index contributed by atoms with van der Waals surface area (Å²) < 4.78 is 30.6. The zero-order chi connectivity index (χ0) is 56.4. The Morgan fingerprint density at radius 3 is 1.30 bits per heavy atom. The Labute approximate surface area is 473 Å². The summed E-state index contributed by atoms with van der Waals surface area (Å²) in [6.07, 6.45) is 77.8. The van der Waals surface area contributed by atoms with Crippen molar-refractivity contribution in [1.29, 1.82) is 0 Å². The number of rotatable bonds is 54. The van der Waals surface area contributed by atoms with Gasteiger partial charge in [0.1, 0.15) is 19.3 Å². The molecular formula is C67H116N2O7P+. The van der Waals surface area contributed by atoms with Crippen LogP contribution in [0.15, 0.2) is 122 Å². The van der Waals surface area contributed by atoms with E-state index in [4.69, 9.17) is 13.8 Å². The summed E-state index contributed by atoms with van der Waals surface area (Å²) in [6, 6.07) is -0.891. The number of ether oxygens (including phenoxy) is 1. The fraction of sp³-hybridized carbons (Fsp3) is 0.672. The number of likely N-dealkylation sites (N-methyl/N-ethyl adjacent to an activating group) is 1. The molecule has 0 radical (unpaired) electrons. The summed E-state index contributed by atoms with van der Waals surface area (Å²) in [6.45, 7) is 6.79. The number of nitrogens with one attached hydrogen (secondary N) is 1. The van der Waals surface area contributed by atoms with E-state index in [1.54, 1.807) is 0 Å². The van der Waals surface area contributed by atoms with Gasteiger partial charge in [-0.2, -0.15) is 0 Å². The lowest BCUT2D eigenvalue weighted by Crippen LogP contribution is -2.47. The number of carbonyl (C=O) groups is 2. The second-order valence-electron chi connectivity index (χ2n) is 21.5. The van der Waals surface area contributed by atoms with Crippen molar-refractivity contribution in [3.05, 3.63) is 122 Å². The van der Waals surface area contributed by atoms with Crippen molar-refractivity contribution < 1.29 is 37.3 Å². The molecule has 0 fully saturated rings. The van der Waals surface area contributed by atoms with E-state index in [1.807, 2.05) is 33.3 Å². The van der Waals surface area contributed by atoms with Crippen LogP contribution in [0.4, 0.5) is 0 Å². The van der Waals surface area contributed by atoms with Crippen LogP contribution >= 0.6 is 7.82 Å². The topological polar surface area (TPSA) is 111 Å². The van der Waals surface area contributed by atoms with Crippen molar-refractivity contribution in [2.45, 2.75) is 251 Å². The monoisotopic (exact) mass is 1090 g/mol. The van der Waals surface area contributed by atoms with Crippen LogP contribution in [0.1, 0.15) is 239 Å². The number of quaternary nitrogens is 1. The fourth-order valence-electron chi connectivity index (χ4n) is 8.13. The van der Waals surface area contributed by atoms with Crippen LogP contribution in [0.5, 0.6) is 0 Å². The molecule has 0 bridgehead atoms. The van der Waals surface area contributed by atoms with Gasteiger partial charge in [-0.1, -0.05) is 233 Å². The van der Waals surface area contributed by atoms with E-state index in [9.17, 15) is 19.0 Å². The molecule has 3 unspecified atom stereocenters. The lowest BCUT2D eigenvalue weighted by Gasteiger charge is -2.27. The second kappa shape index (κ2) is 55.7. The van der Waals surface area contributed by atoms with E-state index < -0.39 is 20.0 Å². The quantitative estimate of drug-likeness (QED) is 0.0205. The number of hydrogen-bond acceptors (Lipinski definition) is 6. The van der Waals surface area contributed by atoms with Crippen LogP contribution < -0.4 is 5.32 Å². The normalized spacial score (nSPS) is 14.5. The molecule has 0 aliphatic heterocycles. The molecular weight excluding hydrogens is 976 g/mol. The van der Waals surface area contributed by atoms with Gasteiger partial charge in [0.05, 0.1) is 33.8 Å². The van der Waals surface area contributed by atoms with Gasteiger partial charge in [-0.25, -0.2) is 4.57 Å². The number of phosphoric ester groups is 1. The Morgan fingerprint density at radius 2 is 0.844 bits per heavy atom. The molecule has 0 rings (SSSR count). The standard InChI is InChI=1S/C67H115N2O7P/c1-7-10-13-16-19-22-25-27-29-31-32-33-34-35-36-38-40-42-45-48-51-54-57-60-67(71)76-65(58-55-52-49-46-43-24-21-18-15-12-9-3)64(63-75-77(72,73)74-62-61-69(4,5)6)68-66(70)59-56-53-50-47-44-41-39-37-30-28-26-23-20-17-14-11-8-2/h11,14,19-20,22-23,27-30,32-33,35-36,39,41,47,50,55,58,64-65H,7-10,12-13,15-18,21,24-26,31,34,37-38,40,42-46,48-49,51-54,56-57,59-63H2,1-6H3,(H-,68,70,72,73)/p+1/b14-11-,22-19-,23-20-,29-27-,30-28-,33-32-,36-35-,41-39-,50-47-,58-55-. The lowest BCUT2D eigenvalue weighted by atomic mass is 10.1. The Bertz CT molecular complexity index is 1730.